The number of benzene rings is 2. The lowest BCUT2D eigenvalue weighted by molar-refractivity contribution is 0.0930. The van der Waals surface area contributed by atoms with E-state index in [-0.39, 0.29) is 5.91 Å². The number of hydrogen-bond donors (Lipinski definition) is 1. The molecule has 3 aromatic rings. The van der Waals surface area contributed by atoms with Crippen LogP contribution in [0.15, 0.2) is 63.9 Å². The zero-order valence-electron chi connectivity index (χ0n) is 12.3. The zero-order valence-corrected chi connectivity index (χ0v) is 13.2. The van der Waals surface area contributed by atoms with Gasteiger partial charge in [-0.25, -0.2) is 0 Å². The number of nitrogens with one attached hydrogen (secondary N) is 1. The molecule has 3 nitrogen and oxygen atoms in total. The fourth-order valence-corrected chi connectivity index (χ4v) is 2.92. The van der Waals surface area contributed by atoms with Crippen LogP contribution in [-0.2, 0) is 0 Å². The third-order valence-electron chi connectivity index (χ3n) is 3.33. The molecule has 22 heavy (non-hydrogen) atoms. The lowest BCUT2D eigenvalue weighted by atomic mass is 10.2. The Morgan fingerprint density at radius 2 is 1.91 bits per heavy atom. The third-order valence-corrected chi connectivity index (χ3v) is 4.34. The van der Waals surface area contributed by atoms with Crippen molar-refractivity contribution in [1.29, 1.82) is 0 Å². The predicted molar refractivity (Wildman–Crippen MR) is 90.5 cm³/mol. The Bertz CT molecular complexity index is 744. The van der Waals surface area contributed by atoms with E-state index in [1.54, 1.807) is 17.8 Å². The summed E-state index contributed by atoms with van der Waals surface area (Å²) in [5, 5.41) is 3.83. The van der Waals surface area contributed by atoms with Gasteiger partial charge in [-0.1, -0.05) is 35.9 Å². The van der Waals surface area contributed by atoms with E-state index in [2.05, 4.69) is 36.5 Å². The van der Waals surface area contributed by atoms with Crippen LogP contribution in [0, 0.1) is 6.92 Å². The number of para-hydroxylation sites is 1. The van der Waals surface area contributed by atoms with Crippen molar-refractivity contribution >= 4 is 28.6 Å². The van der Waals surface area contributed by atoms with Crippen LogP contribution in [0.25, 0.3) is 11.0 Å². The van der Waals surface area contributed by atoms with Crippen molar-refractivity contribution in [2.75, 3.05) is 12.3 Å². The molecule has 0 aliphatic heterocycles. The van der Waals surface area contributed by atoms with Crippen LogP contribution < -0.4 is 5.32 Å². The van der Waals surface area contributed by atoms with Gasteiger partial charge in [0.05, 0.1) is 0 Å². The van der Waals surface area contributed by atoms with E-state index in [1.807, 2.05) is 24.3 Å². The second-order valence-electron chi connectivity index (χ2n) is 5.07. The van der Waals surface area contributed by atoms with Crippen LogP contribution in [0.4, 0.5) is 0 Å². The van der Waals surface area contributed by atoms with Crippen molar-refractivity contribution in [3.05, 3.63) is 65.9 Å². The molecule has 0 spiro atoms. The van der Waals surface area contributed by atoms with Gasteiger partial charge in [0, 0.05) is 22.6 Å². The van der Waals surface area contributed by atoms with Gasteiger partial charge in [-0.3, -0.25) is 4.79 Å². The second-order valence-corrected chi connectivity index (χ2v) is 6.23. The van der Waals surface area contributed by atoms with E-state index in [0.29, 0.717) is 12.3 Å². The Kier molecular flexibility index (Phi) is 4.49. The van der Waals surface area contributed by atoms with E-state index in [1.165, 1.54) is 10.5 Å². The van der Waals surface area contributed by atoms with Crippen molar-refractivity contribution in [3.63, 3.8) is 0 Å². The highest BCUT2D eigenvalue weighted by Gasteiger charge is 2.11. The normalized spacial score (nSPS) is 10.8. The van der Waals surface area contributed by atoms with Crippen molar-refractivity contribution in [2.24, 2.45) is 0 Å². The van der Waals surface area contributed by atoms with Gasteiger partial charge < -0.3 is 9.73 Å². The second kappa shape index (κ2) is 6.71. The number of carbonyl (C=O) groups excluding carboxylic acids is 1. The first kappa shape index (κ1) is 14.7. The number of fused-ring (bicyclic) bond motifs is 1. The van der Waals surface area contributed by atoms with Crippen molar-refractivity contribution in [2.45, 2.75) is 11.8 Å². The minimum Gasteiger partial charge on any atom is -0.451 e. The molecule has 0 unspecified atom stereocenters. The molecule has 1 amide bonds. The first-order chi connectivity index (χ1) is 10.7. The van der Waals surface area contributed by atoms with Gasteiger partial charge in [-0.15, -0.1) is 11.8 Å². The highest BCUT2D eigenvalue weighted by atomic mass is 32.2. The Balaban J connectivity index is 1.50. The van der Waals surface area contributed by atoms with Gasteiger partial charge >= 0.3 is 0 Å². The Hall–Kier alpha value is -2.20. The minimum atomic E-state index is -0.166. The summed E-state index contributed by atoms with van der Waals surface area (Å²) >= 11 is 1.73. The molecule has 3 rings (SSSR count). The first-order valence-electron chi connectivity index (χ1n) is 7.18. The number of furan rings is 1. The van der Waals surface area contributed by atoms with Gasteiger partial charge in [-0.05, 0) is 31.2 Å². The topological polar surface area (TPSA) is 42.2 Å². The Morgan fingerprint density at radius 3 is 2.68 bits per heavy atom. The Morgan fingerprint density at radius 1 is 1.14 bits per heavy atom. The molecule has 2 aromatic carbocycles. The average molecular weight is 311 g/mol. The number of carbonyl (C=O) groups is 1. The Labute approximate surface area is 133 Å². The van der Waals surface area contributed by atoms with E-state index in [4.69, 9.17) is 4.42 Å². The van der Waals surface area contributed by atoms with E-state index in [9.17, 15) is 4.79 Å². The van der Waals surface area contributed by atoms with Crippen LogP contribution in [0.2, 0.25) is 0 Å². The summed E-state index contributed by atoms with van der Waals surface area (Å²) < 4.78 is 5.54. The molecule has 0 atom stereocenters. The zero-order chi connectivity index (χ0) is 15.4. The molecule has 0 aliphatic carbocycles. The maximum Gasteiger partial charge on any atom is 0.287 e. The van der Waals surface area contributed by atoms with Crippen LogP contribution in [-0.4, -0.2) is 18.2 Å². The summed E-state index contributed by atoms with van der Waals surface area (Å²) in [5.41, 5.74) is 1.99. The maximum absolute atomic E-state index is 12.1. The quantitative estimate of drug-likeness (QED) is 0.565. The number of amides is 1. The molecule has 1 heterocycles. The molecule has 1 N–H and O–H groups in total. The van der Waals surface area contributed by atoms with Crippen LogP contribution >= 0.6 is 11.8 Å². The molecular weight excluding hydrogens is 294 g/mol. The van der Waals surface area contributed by atoms with Gasteiger partial charge in [0.2, 0.25) is 0 Å². The highest BCUT2D eigenvalue weighted by Crippen LogP contribution is 2.19. The maximum atomic E-state index is 12.1. The first-order valence-corrected chi connectivity index (χ1v) is 8.17. The van der Waals surface area contributed by atoms with Gasteiger partial charge in [0.1, 0.15) is 5.58 Å². The van der Waals surface area contributed by atoms with Crippen LogP contribution in [0.1, 0.15) is 16.1 Å². The van der Waals surface area contributed by atoms with Gasteiger partial charge in [-0.2, -0.15) is 0 Å². The predicted octanol–water partition coefficient (Wildman–Crippen LogP) is 4.26. The lowest BCUT2D eigenvalue weighted by Gasteiger charge is -2.04. The van der Waals surface area contributed by atoms with Crippen molar-refractivity contribution in [1.82, 2.24) is 5.32 Å². The highest BCUT2D eigenvalue weighted by molar-refractivity contribution is 7.99. The molecule has 0 saturated heterocycles. The summed E-state index contributed by atoms with van der Waals surface area (Å²) in [5.74, 6) is 1.02. The van der Waals surface area contributed by atoms with Crippen LogP contribution in [0.3, 0.4) is 0 Å². The molecule has 0 bridgehead atoms. The van der Waals surface area contributed by atoms with Gasteiger partial charge in [0.15, 0.2) is 5.76 Å². The summed E-state index contributed by atoms with van der Waals surface area (Å²) in [6.07, 6.45) is 0. The molecular formula is C18H17NO2S. The molecule has 4 heteroatoms. The smallest absolute Gasteiger partial charge is 0.287 e. The molecule has 0 radical (unpaired) electrons. The number of rotatable bonds is 5. The van der Waals surface area contributed by atoms with E-state index in [0.717, 1.165) is 16.7 Å². The fraction of sp³-hybridized carbons (Fsp3) is 0.167. The number of thioether (sulfide) groups is 1. The van der Waals surface area contributed by atoms with Crippen LogP contribution in [0.5, 0.6) is 0 Å². The molecule has 0 aliphatic rings. The summed E-state index contributed by atoms with van der Waals surface area (Å²) in [7, 11) is 0. The molecule has 0 saturated carbocycles. The fourth-order valence-electron chi connectivity index (χ4n) is 2.15. The molecule has 0 fully saturated rings. The standard InChI is InChI=1S/C18H17NO2S/c1-13-6-8-15(9-7-13)22-11-10-19-18(20)17-12-14-4-2-3-5-16(14)21-17/h2-9,12H,10-11H2,1H3,(H,19,20). The average Bonchev–Trinajstić information content (AvgIpc) is 2.97. The lowest BCUT2D eigenvalue weighted by Crippen LogP contribution is -2.25. The van der Waals surface area contributed by atoms with E-state index >= 15 is 0 Å². The summed E-state index contributed by atoms with van der Waals surface area (Å²) in [6.45, 7) is 2.68. The SMILES string of the molecule is Cc1ccc(SCCNC(=O)c2cc3ccccc3o2)cc1. The molecule has 1 aromatic heterocycles. The summed E-state index contributed by atoms with van der Waals surface area (Å²) in [6, 6.07) is 17.8. The van der Waals surface area contributed by atoms with Crippen molar-refractivity contribution < 1.29 is 9.21 Å². The summed E-state index contributed by atoms with van der Waals surface area (Å²) in [4.78, 5) is 13.3. The largest absolute Gasteiger partial charge is 0.451 e. The molecule has 112 valence electrons. The van der Waals surface area contributed by atoms with Crippen molar-refractivity contribution in [3.8, 4) is 0 Å². The van der Waals surface area contributed by atoms with E-state index < -0.39 is 0 Å². The monoisotopic (exact) mass is 311 g/mol. The third kappa shape index (κ3) is 3.52. The minimum absolute atomic E-state index is 0.166. The number of hydrogen-bond acceptors (Lipinski definition) is 3. The van der Waals surface area contributed by atoms with Gasteiger partial charge in [0.25, 0.3) is 5.91 Å². The number of aryl methyl sites for hydroxylation is 1.